The van der Waals surface area contributed by atoms with Crippen molar-refractivity contribution in [1.29, 1.82) is 0 Å². The predicted octanol–water partition coefficient (Wildman–Crippen LogP) is 4.50. The largest absolute Gasteiger partial charge is 0.497 e. The van der Waals surface area contributed by atoms with Gasteiger partial charge in [-0.3, -0.25) is 0 Å². The highest BCUT2D eigenvalue weighted by atomic mass is 19.4. The number of hydrogen-bond donors (Lipinski definition) is 2. The summed E-state index contributed by atoms with van der Waals surface area (Å²) in [6.45, 7) is 0.906. The van der Waals surface area contributed by atoms with Gasteiger partial charge in [0.25, 0.3) is 0 Å². The minimum Gasteiger partial charge on any atom is -0.497 e. The van der Waals surface area contributed by atoms with Gasteiger partial charge in [0, 0.05) is 12.6 Å². The predicted molar refractivity (Wildman–Crippen MR) is 95.6 cm³/mol. The average Bonchev–Trinajstić information content (AvgIpc) is 2.66. The van der Waals surface area contributed by atoms with Crippen LogP contribution in [-0.4, -0.2) is 24.4 Å². The number of carboxylic acid groups (broad SMARTS) is 1. The maximum absolute atomic E-state index is 10.6. The highest BCUT2D eigenvalue weighted by Crippen LogP contribution is 2.29. The fourth-order valence-corrected chi connectivity index (χ4v) is 2.95. The number of methoxy groups -OCH3 is 1. The van der Waals surface area contributed by atoms with Crippen molar-refractivity contribution < 1.29 is 27.8 Å². The molecule has 4 nitrogen and oxygen atoms in total. The number of hydrogen-bond acceptors (Lipinski definition) is 3. The molecule has 0 bridgehead atoms. The summed E-state index contributed by atoms with van der Waals surface area (Å²) in [5.41, 5.74) is 4.28. The molecule has 0 aliphatic heterocycles. The lowest BCUT2D eigenvalue weighted by Crippen LogP contribution is -2.24. The number of ether oxygens (including phenoxy) is 1. The van der Waals surface area contributed by atoms with Gasteiger partial charge < -0.3 is 15.2 Å². The molecule has 0 heterocycles. The van der Waals surface area contributed by atoms with E-state index in [1.165, 1.54) is 36.0 Å². The van der Waals surface area contributed by atoms with Crippen LogP contribution in [0.2, 0.25) is 0 Å². The molecule has 1 atom stereocenters. The number of alkyl halides is 3. The number of carbonyl (C=O) groups is 1. The Labute approximate surface area is 156 Å². The first-order valence-corrected chi connectivity index (χ1v) is 8.55. The van der Waals surface area contributed by atoms with Gasteiger partial charge in [0.2, 0.25) is 0 Å². The molecule has 0 saturated carbocycles. The van der Waals surface area contributed by atoms with Crippen molar-refractivity contribution in [2.24, 2.45) is 0 Å². The van der Waals surface area contributed by atoms with Crippen LogP contribution < -0.4 is 10.1 Å². The van der Waals surface area contributed by atoms with Crippen LogP contribution in [-0.2, 0) is 17.8 Å². The van der Waals surface area contributed by atoms with Crippen LogP contribution in [0.25, 0.3) is 0 Å². The molecule has 2 aromatic carbocycles. The number of benzene rings is 2. The third-order valence-electron chi connectivity index (χ3n) is 4.32. The Balaban J connectivity index is 0.000000321. The molecular weight excluding hydrogens is 359 g/mol. The van der Waals surface area contributed by atoms with E-state index in [1.54, 1.807) is 7.11 Å². The van der Waals surface area contributed by atoms with Crippen molar-refractivity contribution in [1.82, 2.24) is 5.32 Å². The number of halogens is 3. The fraction of sp³-hybridized carbons (Fsp3) is 0.350. The van der Waals surface area contributed by atoms with E-state index in [2.05, 4.69) is 41.7 Å². The first kappa shape index (κ1) is 20.8. The monoisotopic (exact) mass is 381 g/mol. The molecular formula is C20H22F3NO3. The first-order valence-electron chi connectivity index (χ1n) is 8.55. The van der Waals surface area contributed by atoms with Gasteiger partial charge in [0.1, 0.15) is 5.75 Å². The Hall–Kier alpha value is -2.54. The Morgan fingerprint density at radius 1 is 1.19 bits per heavy atom. The van der Waals surface area contributed by atoms with Crippen molar-refractivity contribution in [3.05, 3.63) is 65.2 Å². The lowest BCUT2D eigenvalue weighted by Gasteiger charge is -2.26. The van der Waals surface area contributed by atoms with Gasteiger partial charge in [-0.2, -0.15) is 13.2 Å². The van der Waals surface area contributed by atoms with Crippen molar-refractivity contribution in [2.75, 3.05) is 7.11 Å². The van der Waals surface area contributed by atoms with E-state index in [0.29, 0.717) is 6.04 Å². The van der Waals surface area contributed by atoms with E-state index < -0.39 is 12.1 Å². The summed E-state index contributed by atoms with van der Waals surface area (Å²) < 4.78 is 36.9. The zero-order valence-electron chi connectivity index (χ0n) is 14.9. The molecule has 0 fully saturated rings. The minimum atomic E-state index is -5.08. The zero-order chi connectivity index (χ0) is 19.9. The zero-order valence-corrected chi connectivity index (χ0v) is 14.9. The molecule has 1 unspecified atom stereocenters. The van der Waals surface area contributed by atoms with Gasteiger partial charge >= 0.3 is 12.1 Å². The highest BCUT2D eigenvalue weighted by molar-refractivity contribution is 5.73. The molecule has 1 aliphatic carbocycles. The second-order valence-electron chi connectivity index (χ2n) is 6.18. The number of rotatable bonds is 4. The van der Waals surface area contributed by atoms with Crippen LogP contribution in [0.3, 0.4) is 0 Å². The van der Waals surface area contributed by atoms with Crippen LogP contribution in [0.1, 0.15) is 35.6 Å². The lowest BCUT2D eigenvalue weighted by molar-refractivity contribution is -0.192. The van der Waals surface area contributed by atoms with Crippen LogP contribution in [0.15, 0.2) is 48.5 Å². The molecule has 7 heteroatoms. The number of aryl methyl sites for hydroxylation is 1. The normalized spacial score (nSPS) is 15.9. The molecule has 1 aliphatic rings. The van der Waals surface area contributed by atoms with Crippen LogP contribution in [0.4, 0.5) is 13.2 Å². The molecule has 0 saturated heterocycles. The topological polar surface area (TPSA) is 58.6 Å². The van der Waals surface area contributed by atoms with E-state index in [4.69, 9.17) is 14.6 Å². The summed E-state index contributed by atoms with van der Waals surface area (Å²) in [6.07, 6.45) is -1.36. The molecule has 0 radical (unpaired) electrons. The Kier molecular flexibility index (Phi) is 7.24. The molecule has 146 valence electrons. The molecule has 3 rings (SSSR count). The Morgan fingerprint density at radius 3 is 2.41 bits per heavy atom. The number of carboxylic acids is 1. The minimum absolute atomic E-state index is 0.488. The van der Waals surface area contributed by atoms with Crippen LogP contribution in [0.5, 0.6) is 5.75 Å². The molecule has 2 N–H and O–H groups in total. The Morgan fingerprint density at radius 2 is 1.81 bits per heavy atom. The summed E-state index contributed by atoms with van der Waals surface area (Å²) >= 11 is 0. The fourth-order valence-electron chi connectivity index (χ4n) is 2.95. The number of nitrogens with one attached hydrogen (secondary N) is 1. The van der Waals surface area contributed by atoms with Gasteiger partial charge in [-0.25, -0.2) is 4.79 Å². The van der Waals surface area contributed by atoms with Gasteiger partial charge in [0.15, 0.2) is 0 Å². The van der Waals surface area contributed by atoms with Crippen molar-refractivity contribution in [3.63, 3.8) is 0 Å². The quantitative estimate of drug-likeness (QED) is 0.819. The molecule has 2 aromatic rings. The standard InChI is InChI=1S/C18H21NO.C2HF3O2/c1-20-16-11-9-14(10-12-16)13-19-18-8-4-6-15-5-2-3-7-17(15)18;3-2(4,5)1(6)7/h2-3,5,7,9-12,18-19H,4,6,8,13H2,1H3;(H,6,7). The second kappa shape index (κ2) is 9.41. The van der Waals surface area contributed by atoms with Gasteiger partial charge in [-0.15, -0.1) is 0 Å². The maximum atomic E-state index is 10.6. The Bertz CT molecular complexity index is 745. The maximum Gasteiger partial charge on any atom is 0.490 e. The van der Waals surface area contributed by atoms with E-state index in [-0.39, 0.29) is 0 Å². The molecule has 0 spiro atoms. The highest BCUT2D eigenvalue weighted by Gasteiger charge is 2.38. The van der Waals surface area contributed by atoms with Gasteiger partial charge in [-0.05, 0) is 48.1 Å². The van der Waals surface area contributed by atoms with Crippen molar-refractivity contribution >= 4 is 5.97 Å². The third-order valence-corrected chi connectivity index (χ3v) is 4.32. The number of fused-ring (bicyclic) bond motifs is 1. The smallest absolute Gasteiger partial charge is 0.490 e. The van der Waals surface area contributed by atoms with Gasteiger partial charge in [-0.1, -0.05) is 36.4 Å². The summed E-state index contributed by atoms with van der Waals surface area (Å²) in [5.74, 6) is -1.84. The average molecular weight is 381 g/mol. The summed E-state index contributed by atoms with van der Waals surface area (Å²) in [7, 11) is 1.70. The van der Waals surface area contributed by atoms with Gasteiger partial charge in [0.05, 0.1) is 7.11 Å². The van der Waals surface area contributed by atoms with E-state index in [0.717, 1.165) is 12.3 Å². The summed E-state index contributed by atoms with van der Waals surface area (Å²) in [4.78, 5) is 8.90. The SMILES string of the molecule is COc1ccc(CNC2CCCc3ccccc32)cc1.O=C(O)C(F)(F)F. The first-order chi connectivity index (χ1) is 12.8. The molecule has 27 heavy (non-hydrogen) atoms. The van der Waals surface area contributed by atoms with Crippen LogP contribution in [0, 0.1) is 0 Å². The van der Waals surface area contributed by atoms with Crippen LogP contribution >= 0.6 is 0 Å². The third kappa shape index (κ3) is 6.29. The number of aliphatic carboxylic acids is 1. The lowest BCUT2D eigenvalue weighted by atomic mass is 9.87. The summed E-state index contributed by atoms with van der Waals surface area (Å²) in [5, 5.41) is 10.8. The second-order valence-corrected chi connectivity index (χ2v) is 6.18. The molecule has 0 aromatic heterocycles. The van der Waals surface area contributed by atoms with E-state index in [9.17, 15) is 13.2 Å². The van der Waals surface area contributed by atoms with E-state index >= 15 is 0 Å². The van der Waals surface area contributed by atoms with E-state index in [1.807, 2.05) is 12.1 Å². The van der Waals surface area contributed by atoms with Crippen molar-refractivity contribution in [3.8, 4) is 5.75 Å². The van der Waals surface area contributed by atoms with Crippen molar-refractivity contribution in [2.45, 2.75) is 38.0 Å². The summed E-state index contributed by atoms with van der Waals surface area (Å²) in [6, 6.07) is 17.6. The molecule has 0 amide bonds.